The highest BCUT2D eigenvalue weighted by Gasteiger charge is 2.27. The molecule has 1 aliphatic rings. The molecule has 2 heterocycles. The van der Waals surface area contributed by atoms with Crippen molar-refractivity contribution in [2.24, 2.45) is 0 Å². The Hall–Kier alpha value is -4.40. The Morgan fingerprint density at radius 1 is 1.14 bits per heavy atom. The van der Waals surface area contributed by atoms with Crippen molar-refractivity contribution in [1.29, 1.82) is 0 Å². The summed E-state index contributed by atoms with van der Waals surface area (Å²) in [5.41, 5.74) is 4.78. The van der Waals surface area contributed by atoms with Crippen LogP contribution < -0.4 is 15.5 Å². The van der Waals surface area contributed by atoms with E-state index in [9.17, 15) is 9.18 Å². The number of hydrogen-bond donors (Lipinski definition) is 4. The third-order valence-corrected chi connectivity index (χ3v) is 5.97. The number of H-pyrrole nitrogens is 1. The van der Waals surface area contributed by atoms with Crippen molar-refractivity contribution in [3.05, 3.63) is 89.9 Å². The molecule has 4 aromatic rings. The summed E-state index contributed by atoms with van der Waals surface area (Å²) in [6.45, 7) is 2.26. The predicted molar refractivity (Wildman–Crippen MR) is 138 cm³/mol. The number of halogens is 1. The fourth-order valence-corrected chi connectivity index (χ4v) is 4.37. The summed E-state index contributed by atoms with van der Waals surface area (Å²) in [6, 6.07) is 20.6. The van der Waals surface area contributed by atoms with E-state index in [2.05, 4.69) is 37.9 Å². The smallest absolute Gasteiger partial charge is 0.319 e. The second-order valence-corrected chi connectivity index (χ2v) is 8.57. The van der Waals surface area contributed by atoms with Crippen molar-refractivity contribution in [2.75, 3.05) is 16.8 Å². The first kappa shape index (κ1) is 24.7. The lowest BCUT2D eigenvalue weighted by atomic mass is 9.94. The third kappa shape index (κ3) is 6.18. The molecule has 1 unspecified atom stereocenters. The van der Waals surface area contributed by atoms with Crippen molar-refractivity contribution in [1.82, 2.24) is 15.5 Å². The lowest BCUT2D eigenvalue weighted by molar-refractivity contribution is -0.134. The van der Waals surface area contributed by atoms with Gasteiger partial charge in [-0.1, -0.05) is 36.4 Å². The molecule has 186 valence electrons. The number of rotatable bonds is 5. The van der Waals surface area contributed by atoms with Gasteiger partial charge in [0.25, 0.3) is 5.97 Å². The average molecular weight is 490 g/mol. The van der Waals surface area contributed by atoms with E-state index in [1.807, 2.05) is 42.5 Å². The number of nitrogens with one attached hydrogen (secondary N) is 3. The molecule has 1 atom stereocenters. The molecule has 5 rings (SSSR count). The summed E-state index contributed by atoms with van der Waals surface area (Å²) < 4.78 is 13.8. The zero-order valence-electron chi connectivity index (χ0n) is 19.9. The van der Waals surface area contributed by atoms with Crippen LogP contribution in [-0.2, 0) is 17.8 Å². The molecule has 4 N–H and O–H groups in total. The van der Waals surface area contributed by atoms with Crippen LogP contribution in [0.2, 0.25) is 0 Å². The number of carbonyl (C=O) groups is 2. The number of aliphatic carboxylic acids is 1. The molecule has 0 saturated heterocycles. The summed E-state index contributed by atoms with van der Waals surface area (Å²) in [4.78, 5) is 23.9. The molecule has 0 aliphatic carbocycles. The second-order valence-electron chi connectivity index (χ2n) is 8.57. The van der Waals surface area contributed by atoms with Gasteiger partial charge >= 0.3 is 6.03 Å². The highest BCUT2D eigenvalue weighted by Crippen LogP contribution is 2.32. The Kier molecular flexibility index (Phi) is 7.79. The SMILES string of the molecule is CC(=O)O.O=C(NCC1CCc2cc(F)ccc2N1Cc1ccccc1)Nc1cccc2[nH]ncc12. The van der Waals surface area contributed by atoms with E-state index >= 15 is 0 Å². The van der Waals surface area contributed by atoms with E-state index in [-0.39, 0.29) is 17.9 Å². The quantitative estimate of drug-likeness (QED) is 0.318. The Morgan fingerprint density at radius 2 is 1.92 bits per heavy atom. The van der Waals surface area contributed by atoms with Crippen molar-refractivity contribution in [3.63, 3.8) is 0 Å². The van der Waals surface area contributed by atoms with Gasteiger partial charge in [0, 0.05) is 37.1 Å². The second kappa shape index (κ2) is 11.4. The standard InChI is InChI=1S/C25H24FN5O.C2H4O2/c26-19-10-12-24-18(13-19)9-11-20(31(24)16-17-5-2-1-3-6-17)14-27-25(32)29-22-7-4-8-23-21(22)15-28-30-23;1-2(3)4/h1-8,10,12-13,15,20H,9,11,14,16H2,(H,28,30)(H2,27,29,32);1H3,(H,3,4). The molecule has 0 bridgehead atoms. The van der Waals surface area contributed by atoms with Crippen LogP contribution in [0.3, 0.4) is 0 Å². The molecule has 1 aliphatic heterocycles. The van der Waals surface area contributed by atoms with Crippen molar-refractivity contribution in [3.8, 4) is 0 Å². The van der Waals surface area contributed by atoms with Crippen LogP contribution in [0.4, 0.5) is 20.6 Å². The van der Waals surface area contributed by atoms with Crippen LogP contribution in [0.1, 0.15) is 24.5 Å². The van der Waals surface area contributed by atoms with Crippen molar-refractivity contribution < 1.29 is 19.1 Å². The maximum absolute atomic E-state index is 13.8. The predicted octanol–water partition coefficient (Wildman–Crippen LogP) is 4.94. The maximum atomic E-state index is 13.8. The summed E-state index contributed by atoms with van der Waals surface area (Å²) in [5, 5.41) is 21.2. The van der Waals surface area contributed by atoms with Gasteiger partial charge in [-0.05, 0) is 54.3 Å². The monoisotopic (exact) mass is 489 g/mol. The van der Waals surface area contributed by atoms with Crippen LogP contribution in [-0.4, -0.2) is 39.9 Å². The number of carboxylic acids is 1. The van der Waals surface area contributed by atoms with E-state index in [1.54, 1.807) is 12.3 Å². The number of aryl methyl sites for hydroxylation is 1. The lowest BCUT2D eigenvalue weighted by Gasteiger charge is -2.39. The van der Waals surface area contributed by atoms with Gasteiger partial charge in [0.05, 0.1) is 17.4 Å². The molecule has 2 amide bonds. The first-order valence-electron chi connectivity index (χ1n) is 11.7. The van der Waals surface area contributed by atoms with Crippen LogP contribution in [0.5, 0.6) is 0 Å². The molecule has 1 aromatic heterocycles. The van der Waals surface area contributed by atoms with Crippen LogP contribution in [0.15, 0.2) is 72.9 Å². The van der Waals surface area contributed by atoms with E-state index in [0.29, 0.717) is 18.8 Å². The Bertz CT molecular complexity index is 1340. The summed E-state index contributed by atoms with van der Waals surface area (Å²) in [6.07, 6.45) is 3.31. The molecule has 8 nitrogen and oxygen atoms in total. The molecule has 3 aromatic carbocycles. The molecule has 0 saturated carbocycles. The fourth-order valence-electron chi connectivity index (χ4n) is 4.37. The molecular weight excluding hydrogens is 461 g/mol. The molecule has 9 heteroatoms. The molecular formula is C27H28FN5O3. The zero-order valence-corrected chi connectivity index (χ0v) is 19.9. The van der Waals surface area contributed by atoms with Crippen LogP contribution in [0.25, 0.3) is 10.9 Å². The lowest BCUT2D eigenvalue weighted by Crippen LogP contribution is -2.47. The van der Waals surface area contributed by atoms with Gasteiger partial charge in [0.2, 0.25) is 0 Å². The van der Waals surface area contributed by atoms with Crippen LogP contribution >= 0.6 is 0 Å². The van der Waals surface area contributed by atoms with Gasteiger partial charge in [-0.15, -0.1) is 0 Å². The maximum Gasteiger partial charge on any atom is 0.319 e. The highest BCUT2D eigenvalue weighted by molar-refractivity contribution is 6.00. The van der Waals surface area contributed by atoms with E-state index in [4.69, 9.17) is 9.90 Å². The van der Waals surface area contributed by atoms with Crippen LogP contribution in [0, 0.1) is 5.82 Å². The minimum absolute atomic E-state index is 0.101. The fraction of sp³-hybridized carbons (Fsp3) is 0.222. The minimum Gasteiger partial charge on any atom is -0.481 e. The van der Waals surface area contributed by atoms with Gasteiger partial charge in [-0.25, -0.2) is 9.18 Å². The number of benzene rings is 3. The highest BCUT2D eigenvalue weighted by atomic mass is 19.1. The number of carboxylic acid groups (broad SMARTS) is 1. The molecule has 0 radical (unpaired) electrons. The topological polar surface area (TPSA) is 110 Å². The normalized spacial score (nSPS) is 14.4. The van der Waals surface area contributed by atoms with E-state index in [0.717, 1.165) is 41.9 Å². The molecule has 0 fully saturated rings. The number of aromatic nitrogens is 2. The summed E-state index contributed by atoms with van der Waals surface area (Å²) in [7, 11) is 0. The van der Waals surface area contributed by atoms with E-state index in [1.165, 1.54) is 11.6 Å². The number of amides is 2. The average Bonchev–Trinajstić information content (AvgIpc) is 3.34. The summed E-state index contributed by atoms with van der Waals surface area (Å²) in [5.74, 6) is -1.05. The van der Waals surface area contributed by atoms with Gasteiger partial charge in [0.1, 0.15) is 5.82 Å². The number of carbonyl (C=O) groups excluding carboxylic acids is 1. The van der Waals surface area contributed by atoms with Gasteiger partial charge in [-0.3, -0.25) is 9.89 Å². The van der Waals surface area contributed by atoms with E-state index < -0.39 is 5.97 Å². The molecule has 0 spiro atoms. The minimum atomic E-state index is -0.833. The first-order chi connectivity index (χ1) is 17.4. The Labute approximate surface area is 208 Å². The van der Waals surface area contributed by atoms with Gasteiger partial charge in [0.15, 0.2) is 0 Å². The number of aromatic amines is 1. The third-order valence-electron chi connectivity index (χ3n) is 5.97. The Balaban J connectivity index is 0.000000709. The summed E-state index contributed by atoms with van der Waals surface area (Å²) >= 11 is 0. The largest absolute Gasteiger partial charge is 0.481 e. The Morgan fingerprint density at radius 3 is 2.69 bits per heavy atom. The molecule has 36 heavy (non-hydrogen) atoms. The number of anilines is 2. The number of urea groups is 1. The first-order valence-corrected chi connectivity index (χ1v) is 11.7. The number of hydrogen-bond acceptors (Lipinski definition) is 4. The van der Waals surface area contributed by atoms with Crippen molar-refractivity contribution >= 4 is 34.3 Å². The number of nitrogens with zero attached hydrogens (tertiary/aromatic N) is 2. The van der Waals surface area contributed by atoms with Gasteiger partial charge in [-0.2, -0.15) is 5.10 Å². The number of fused-ring (bicyclic) bond motifs is 2. The zero-order chi connectivity index (χ0) is 25.5. The van der Waals surface area contributed by atoms with Gasteiger partial charge < -0.3 is 20.6 Å². The van der Waals surface area contributed by atoms with Crippen molar-refractivity contribution in [2.45, 2.75) is 32.4 Å².